The number of hydrogen-bond acceptors (Lipinski definition) is 7. The molecule has 0 amide bonds. The van der Waals surface area contributed by atoms with Crippen molar-refractivity contribution in [3.63, 3.8) is 0 Å². The third-order valence-corrected chi connectivity index (χ3v) is 6.24. The van der Waals surface area contributed by atoms with Gasteiger partial charge in [0.05, 0.1) is 17.9 Å². The first-order chi connectivity index (χ1) is 17.9. The molecule has 0 radical (unpaired) electrons. The fourth-order valence-electron chi connectivity index (χ4n) is 4.01. The fraction of sp³-hybridized carbons (Fsp3) is 0.160. The molecule has 3 N–H and O–H groups in total. The van der Waals surface area contributed by atoms with Crippen LogP contribution in [0.25, 0.3) is 22.9 Å². The van der Waals surface area contributed by atoms with Gasteiger partial charge in [0.1, 0.15) is 11.5 Å². The Kier molecular flexibility index (Phi) is 5.49. The highest BCUT2D eigenvalue weighted by atomic mass is 35.5. The molecule has 1 saturated carbocycles. The van der Waals surface area contributed by atoms with Crippen molar-refractivity contribution >= 4 is 35.0 Å². The van der Waals surface area contributed by atoms with Crippen molar-refractivity contribution in [2.75, 3.05) is 11.9 Å². The summed E-state index contributed by atoms with van der Waals surface area (Å²) >= 11 is 6.22. The molecular weight excluding hydrogens is 499 g/mol. The smallest absolute Gasteiger partial charge is 0.326 e. The van der Waals surface area contributed by atoms with Crippen LogP contribution < -0.4 is 21.4 Å². The van der Waals surface area contributed by atoms with Crippen LogP contribution in [0.15, 0.2) is 58.4 Å². The zero-order chi connectivity index (χ0) is 25.7. The molecule has 186 valence electrons. The highest BCUT2D eigenvalue weighted by Gasteiger charge is 2.22. The number of hydrogen-bond donors (Lipinski definition) is 3. The number of halogens is 2. The first-order valence-electron chi connectivity index (χ1n) is 11.5. The molecule has 5 aromatic rings. The molecule has 0 atom stereocenters. The predicted octanol–water partition coefficient (Wildman–Crippen LogP) is 2.68. The van der Waals surface area contributed by atoms with Gasteiger partial charge >= 0.3 is 5.69 Å². The van der Waals surface area contributed by atoms with E-state index in [0.29, 0.717) is 27.2 Å². The van der Waals surface area contributed by atoms with Gasteiger partial charge in [0.15, 0.2) is 5.65 Å². The molecule has 0 aliphatic heterocycles. The minimum atomic E-state index is -0.542. The number of nitrogens with zero attached hydrogens (tertiary/aromatic N) is 6. The molecule has 0 saturated heterocycles. The van der Waals surface area contributed by atoms with Crippen LogP contribution >= 0.6 is 11.6 Å². The van der Waals surface area contributed by atoms with Crippen LogP contribution in [-0.4, -0.2) is 47.7 Å². The van der Waals surface area contributed by atoms with Crippen molar-refractivity contribution in [1.82, 2.24) is 29.5 Å². The van der Waals surface area contributed by atoms with Gasteiger partial charge in [0.25, 0.3) is 5.62 Å². The van der Waals surface area contributed by atoms with Gasteiger partial charge in [-0.25, -0.2) is 14.2 Å². The normalized spacial score (nSPS) is 14.6. The Labute approximate surface area is 213 Å². The van der Waals surface area contributed by atoms with E-state index in [9.17, 15) is 14.3 Å². The van der Waals surface area contributed by atoms with Gasteiger partial charge in [-0.2, -0.15) is 19.6 Å². The molecule has 3 aromatic heterocycles. The fourth-order valence-corrected chi connectivity index (χ4v) is 4.20. The van der Waals surface area contributed by atoms with Crippen molar-refractivity contribution in [1.29, 1.82) is 0 Å². The number of aromatic amines is 2. The van der Waals surface area contributed by atoms with Gasteiger partial charge in [-0.05, 0) is 54.8 Å². The summed E-state index contributed by atoms with van der Waals surface area (Å²) in [7, 11) is 1.74. The minimum absolute atomic E-state index is 0.147. The summed E-state index contributed by atoms with van der Waals surface area (Å²) in [6, 6.07) is 11.9. The first-order valence-corrected chi connectivity index (χ1v) is 11.9. The van der Waals surface area contributed by atoms with Gasteiger partial charge in [0.2, 0.25) is 11.8 Å². The van der Waals surface area contributed by atoms with E-state index < -0.39 is 11.5 Å². The van der Waals surface area contributed by atoms with Gasteiger partial charge in [-0.3, -0.25) is 4.98 Å². The average molecular weight is 519 g/mol. The van der Waals surface area contributed by atoms with Crippen LogP contribution in [0, 0.1) is 5.82 Å². The second-order valence-electron chi connectivity index (χ2n) is 8.74. The Morgan fingerprint density at radius 1 is 1.22 bits per heavy atom. The molecule has 12 heteroatoms. The third-order valence-electron chi connectivity index (χ3n) is 6.00. The SMILES string of the molecule is CN(c1nc(=NC2CC2)n2ncc(=Cc3[nH]c(=O)[nH]c3O)c2n1)c1cc(F)ccc1-c1cccc(Cl)c1. The first kappa shape index (κ1) is 22.9. The quantitative estimate of drug-likeness (QED) is 0.328. The number of benzene rings is 2. The topological polar surface area (TPSA) is 128 Å². The van der Waals surface area contributed by atoms with E-state index in [1.165, 1.54) is 16.6 Å². The van der Waals surface area contributed by atoms with Gasteiger partial charge < -0.3 is 15.0 Å². The van der Waals surface area contributed by atoms with Crippen molar-refractivity contribution in [2.45, 2.75) is 18.9 Å². The lowest BCUT2D eigenvalue weighted by molar-refractivity contribution is 0.454. The summed E-state index contributed by atoms with van der Waals surface area (Å²) in [5, 5.41) is 15.5. The largest absolute Gasteiger partial charge is 0.493 e. The molecule has 1 aliphatic carbocycles. The highest BCUT2D eigenvalue weighted by Crippen LogP contribution is 2.34. The lowest BCUT2D eigenvalue weighted by Gasteiger charge is -2.21. The minimum Gasteiger partial charge on any atom is -0.493 e. The number of aromatic nitrogens is 6. The molecule has 10 nitrogen and oxygen atoms in total. The number of rotatable bonds is 5. The van der Waals surface area contributed by atoms with E-state index in [4.69, 9.17) is 21.6 Å². The highest BCUT2D eigenvalue weighted by molar-refractivity contribution is 6.30. The summed E-state index contributed by atoms with van der Waals surface area (Å²) in [6.07, 6.45) is 5.01. The molecule has 2 aromatic carbocycles. The van der Waals surface area contributed by atoms with Crippen LogP contribution in [0.5, 0.6) is 5.88 Å². The number of H-pyrrole nitrogens is 2. The monoisotopic (exact) mass is 518 g/mol. The van der Waals surface area contributed by atoms with E-state index in [-0.39, 0.29) is 23.6 Å². The van der Waals surface area contributed by atoms with Gasteiger partial charge in [-0.1, -0.05) is 23.7 Å². The Balaban J connectivity index is 1.55. The number of imidazole rings is 1. The van der Waals surface area contributed by atoms with Crippen molar-refractivity contribution in [3.8, 4) is 17.0 Å². The molecule has 1 aliphatic rings. The second-order valence-corrected chi connectivity index (χ2v) is 9.17. The van der Waals surface area contributed by atoms with Crippen LogP contribution in [0.2, 0.25) is 5.02 Å². The number of aromatic hydroxyl groups is 1. The average Bonchev–Trinajstić information content (AvgIpc) is 3.51. The van der Waals surface area contributed by atoms with E-state index in [0.717, 1.165) is 24.0 Å². The third kappa shape index (κ3) is 4.45. The summed E-state index contributed by atoms with van der Waals surface area (Å²) in [4.78, 5) is 32.1. The number of nitrogens with one attached hydrogen (secondary N) is 2. The molecule has 1 fully saturated rings. The lowest BCUT2D eigenvalue weighted by Crippen LogP contribution is -2.27. The summed E-state index contributed by atoms with van der Waals surface area (Å²) < 4.78 is 15.9. The molecule has 0 bridgehead atoms. The van der Waals surface area contributed by atoms with Crippen LogP contribution in [0.3, 0.4) is 0 Å². The predicted molar refractivity (Wildman–Crippen MR) is 136 cm³/mol. The summed E-state index contributed by atoms with van der Waals surface area (Å²) in [5.41, 5.74) is 2.47. The maximum absolute atomic E-state index is 14.4. The molecule has 6 rings (SSSR count). The molecular formula is C25H20ClFN8O2. The zero-order valence-electron chi connectivity index (χ0n) is 19.5. The molecule has 0 unspecified atom stereocenters. The maximum atomic E-state index is 14.4. The maximum Gasteiger partial charge on any atom is 0.326 e. The Morgan fingerprint density at radius 2 is 2.05 bits per heavy atom. The van der Waals surface area contributed by atoms with E-state index in [1.54, 1.807) is 42.4 Å². The lowest BCUT2D eigenvalue weighted by atomic mass is 10.0. The van der Waals surface area contributed by atoms with Crippen LogP contribution in [0.4, 0.5) is 16.0 Å². The Bertz CT molecular complexity index is 1840. The van der Waals surface area contributed by atoms with Crippen LogP contribution in [-0.2, 0) is 0 Å². The zero-order valence-corrected chi connectivity index (χ0v) is 20.2. The van der Waals surface area contributed by atoms with E-state index >= 15 is 0 Å². The Hall–Kier alpha value is -4.51. The number of fused-ring (bicyclic) bond motifs is 1. The van der Waals surface area contributed by atoms with E-state index in [2.05, 4.69) is 20.1 Å². The molecule has 37 heavy (non-hydrogen) atoms. The van der Waals surface area contributed by atoms with Gasteiger partial charge in [-0.15, -0.1) is 0 Å². The second kappa shape index (κ2) is 8.86. The van der Waals surface area contributed by atoms with E-state index in [1.807, 2.05) is 12.1 Å². The van der Waals surface area contributed by atoms with Crippen molar-refractivity contribution in [2.24, 2.45) is 4.99 Å². The molecule has 0 spiro atoms. The number of anilines is 2. The van der Waals surface area contributed by atoms with Crippen molar-refractivity contribution < 1.29 is 9.50 Å². The molecule has 3 heterocycles. The Morgan fingerprint density at radius 3 is 2.78 bits per heavy atom. The van der Waals surface area contributed by atoms with Crippen LogP contribution in [0.1, 0.15) is 18.5 Å². The standard InChI is InChI=1S/C25H20ClFN8O2/c1-34(20-11-16(27)5-8-18(20)13-3-2-4-15(26)9-13)23-31-21-14(10-19-22(36)32-25(37)30-19)12-28-35(21)24(33-23)29-17-6-7-17/h2-5,8-12,17,36H,6-7H2,1H3,(H2,30,32,37). The van der Waals surface area contributed by atoms with Gasteiger partial charge in [0, 0.05) is 22.9 Å². The summed E-state index contributed by atoms with van der Waals surface area (Å²) in [5.74, 6) is -0.450. The summed E-state index contributed by atoms with van der Waals surface area (Å²) in [6.45, 7) is 0. The van der Waals surface area contributed by atoms with Crippen molar-refractivity contribution in [3.05, 3.63) is 86.5 Å².